The van der Waals surface area contributed by atoms with Crippen molar-refractivity contribution in [1.29, 1.82) is 0 Å². The molecule has 2 heterocycles. The van der Waals surface area contributed by atoms with Crippen LogP contribution in [0.2, 0.25) is 10.0 Å². The lowest BCUT2D eigenvalue weighted by Gasteiger charge is -2.26. The van der Waals surface area contributed by atoms with Crippen molar-refractivity contribution in [3.63, 3.8) is 0 Å². The number of para-hydroxylation sites is 1. The van der Waals surface area contributed by atoms with Gasteiger partial charge in [-0.3, -0.25) is 9.36 Å². The van der Waals surface area contributed by atoms with Crippen LogP contribution in [0.4, 0.5) is 0 Å². The van der Waals surface area contributed by atoms with E-state index in [0.717, 1.165) is 18.3 Å². The van der Waals surface area contributed by atoms with Gasteiger partial charge in [0.25, 0.3) is 5.56 Å². The maximum atomic E-state index is 14.3. The Morgan fingerprint density at radius 1 is 1.13 bits per heavy atom. The van der Waals surface area contributed by atoms with Crippen LogP contribution in [0.3, 0.4) is 0 Å². The fraction of sp³-hybridized carbons (Fsp3) is 0.242. The molecule has 45 heavy (non-hydrogen) atoms. The van der Waals surface area contributed by atoms with E-state index in [0.29, 0.717) is 47.7 Å². The third kappa shape index (κ3) is 7.45. The maximum Gasteiger partial charge on any atom is 0.338 e. The van der Waals surface area contributed by atoms with Gasteiger partial charge in [0.2, 0.25) is 0 Å². The lowest BCUT2D eigenvalue weighted by Crippen LogP contribution is -2.40. The van der Waals surface area contributed by atoms with Crippen LogP contribution in [0.15, 0.2) is 75.7 Å². The number of hydrogen-bond donors (Lipinski definition) is 0. The fourth-order valence-corrected chi connectivity index (χ4v) is 8.47. The number of benzene rings is 3. The highest BCUT2D eigenvalue weighted by Gasteiger charge is 2.35. The zero-order chi connectivity index (χ0) is 32.4. The molecule has 3 aromatic carbocycles. The van der Waals surface area contributed by atoms with Crippen molar-refractivity contribution in [3.8, 4) is 11.5 Å². The molecule has 12 heteroatoms. The molecule has 4 aromatic rings. The fourth-order valence-electron chi connectivity index (χ4n) is 4.92. The zero-order valence-corrected chi connectivity index (χ0v) is 31.3. The molecule has 0 unspecified atom stereocenters. The molecule has 1 aromatic heterocycles. The summed E-state index contributed by atoms with van der Waals surface area (Å²) in [6.45, 7) is 7.77. The number of carbonyl (C=O) groups is 1. The number of nitrogens with zero attached hydrogens (tertiary/aromatic N) is 2. The second kappa shape index (κ2) is 14.6. The molecule has 0 saturated heterocycles. The van der Waals surface area contributed by atoms with Crippen LogP contribution in [-0.2, 0) is 16.1 Å². The summed E-state index contributed by atoms with van der Waals surface area (Å²) in [5, 5.41) is 1.05. The largest absolute Gasteiger partial charge is 0.491 e. The predicted molar refractivity (Wildman–Crippen MR) is 195 cm³/mol. The van der Waals surface area contributed by atoms with Gasteiger partial charge in [-0.1, -0.05) is 58.8 Å². The van der Waals surface area contributed by atoms with E-state index in [1.54, 1.807) is 30.5 Å². The molecule has 1 atom stereocenters. The Hall–Kier alpha value is -2.39. The molecule has 5 rings (SSSR count). The average Bonchev–Trinajstić information content (AvgIpc) is 3.26. The first-order chi connectivity index (χ1) is 21.5. The summed E-state index contributed by atoms with van der Waals surface area (Å²) in [7, 11) is 0. The van der Waals surface area contributed by atoms with Crippen molar-refractivity contribution in [1.82, 2.24) is 4.57 Å². The molecule has 0 radical (unpaired) electrons. The first-order valence-electron chi connectivity index (χ1n) is 14.0. The predicted octanol–water partition coefficient (Wildman–Crippen LogP) is 7.68. The molecule has 0 bridgehead atoms. The average molecular weight is 889 g/mol. The summed E-state index contributed by atoms with van der Waals surface area (Å²) < 4.78 is 21.7. The van der Waals surface area contributed by atoms with Crippen LogP contribution in [0.5, 0.6) is 11.5 Å². The number of carbonyl (C=O) groups excluding carboxylic acids is 1. The number of thiazole rings is 1. The van der Waals surface area contributed by atoms with Gasteiger partial charge in [0, 0.05) is 30.3 Å². The Balaban J connectivity index is 1.67. The molecule has 1 aliphatic heterocycles. The number of halogens is 4. The molecular weight excluding hydrogens is 861 g/mol. The molecular formula is C33H28Cl2I2N2O5S. The number of hydrogen-bond acceptors (Lipinski definition) is 7. The molecule has 7 nitrogen and oxygen atoms in total. The lowest BCUT2D eigenvalue weighted by atomic mass is 9.95. The Morgan fingerprint density at radius 3 is 2.60 bits per heavy atom. The zero-order valence-electron chi connectivity index (χ0n) is 24.7. The van der Waals surface area contributed by atoms with Crippen LogP contribution in [0.1, 0.15) is 50.4 Å². The summed E-state index contributed by atoms with van der Waals surface area (Å²) in [5.41, 5.74) is 2.66. The second-order valence-electron chi connectivity index (χ2n) is 10.3. The molecule has 1 aliphatic rings. The Kier molecular flexibility index (Phi) is 11.0. The molecule has 0 saturated carbocycles. The summed E-state index contributed by atoms with van der Waals surface area (Å²) in [6, 6.07) is 15.9. The third-order valence-electron chi connectivity index (χ3n) is 6.80. The van der Waals surface area contributed by atoms with Crippen molar-refractivity contribution < 1.29 is 19.0 Å². The molecule has 0 amide bonds. The van der Waals surface area contributed by atoms with E-state index < -0.39 is 12.0 Å². The van der Waals surface area contributed by atoms with Crippen LogP contribution in [0.25, 0.3) is 6.08 Å². The highest BCUT2D eigenvalue weighted by Crippen LogP contribution is 2.36. The van der Waals surface area contributed by atoms with Crippen LogP contribution in [-0.4, -0.2) is 23.2 Å². The Bertz CT molecular complexity index is 2000. The highest BCUT2D eigenvalue weighted by atomic mass is 127. The van der Waals surface area contributed by atoms with Gasteiger partial charge in [0.1, 0.15) is 24.1 Å². The van der Waals surface area contributed by atoms with Gasteiger partial charge in [-0.2, -0.15) is 0 Å². The SMILES string of the molecule is CCOC(=O)C1=C(C)N=c2s/c(=C\c3cc(I)cc(I)c3OCc3ccc(Cl)cc3Cl)c(=O)n2[C@@H]1c1ccccc1OC(C)C. The van der Waals surface area contributed by atoms with Crippen LogP contribution in [0, 0.1) is 7.14 Å². The van der Waals surface area contributed by atoms with Gasteiger partial charge in [0.15, 0.2) is 4.80 Å². The number of esters is 1. The summed E-state index contributed by atoms with van der Waals surface area (Å²) >= 11 is 18.2. The maximum absolute atomic E-state index is 14.3. The van der Waals surface area contributed by atoms with Gasteiger partial charge in [-0.15, -0.1) is 0 Å². The van der Waals surface area contributed by atoms with Crippen molar-refractivity contribution in [2.24, 2.45) is 4.99 Å². The molecule has 234 valence electrons. The summed E-state index contributed by atoms with van der Waals surface area (Å²) in [6.07, 6.45) is 1.69. The quantitative estimate of drug-likeness (QED) is 0.127. The van der Waals surface area contributed by atoms with Crippen LogP contribution >= 0.6 is 79.7 Å². The molecule has 0 spiro atoms. The van der Waals surface area contributed by atoms with Crippen molar-refractivity contribution in [3.05, 3.63) is 119 Å². The Morgan fingerprint density at radius 2 is 1.89 bits per heavy atom. The van der Waals surface area contributed by atoms with E-state index in [2.05, 4.69) is 45.2 Å². The summed E-state index contributed by atoms with van der Waals surface area (Å²) in [5.74, 6) is 0.664. The minimum atomic E-state index is -0.795. The van der Waals surface area contributed by atoms with E-state index in [4.69, 9.17) is 42.4 Å². The second-order valence-corrected chi connectivity index (χ2v) is 14.6. The highest BCUT2D eigenvalue weighted by molar-refractivity contribution is 14.1. The number of ether oxygens (including phenoxy) is 3. The first-order valence-corrected chi connectivity index (χ1v) is 17.7. The van der Waals surface area contributed by atoms with Gasteiger partial charge >= 0.3 is 5.97 Å². The molecule has 0 aliphatic carbocycles. The van der Waals surface area contributed by atoms with Crippen molar-refractivity contribution >= 4 is 91.8 Å². The smallest absolute Gasteiger partial charge is 0.338 e. The van der Waals surface area contributed by atoms with Crippen molar-refractivity contribution in [2.45, 2.75) is 46.4 Å². The Labute approximate surface area is 301 Å². The van der Waals surface area contributed by atoms with E-state index in [-0.39, 0.29) is 24.9 Å². The summed E-state index contributed by atoms with van der Waals surface area (Å²) in [4.78, 5) is 32.8. The van der Waals surface area contributed by atoms with Gasteiger partial charge < -0.3 is 14.2 Å². The first kappa shape index (κ1) is 34.0. The number of aromatic nitrogens is 1. The standard InChI is InChI=1S/C33H28Cl2I2N2O5S/c1-5-42-32(41)28-18(4)38-33-39(29(28)23-8-6-7-9-26(23)44-17(2)3)31(40)27(45-33)13-20-12-22(36)15-25(37)30(20)43-16-19-10-11-21(34)14-24(19)35/h6-15,17,29H,5,16H2,1-4H3/b27-13-/t29-/m1/s1. The number of allylic oxidation sites excluding steroid dienone is 1. The normalized spacial score (nSPS) is 14.8. The lowest BCUT2D eigenvalue weighted by molar-refractivity contribution is -0.139. The molecule has 0 fully saturated rings. The van der Waals surface area contributed by atoms with E-state index in [1.165, 1.54) is 11.3 Å². The number of fused-ring (bicyclic) bond motifs is 1. The van der Waals surface area contributed by atoms with Crippen LogP contribution < -0.4 is 24.4 Å². The van der Waals surface area contributed by atoms with Gasteiger partial charge in [-0.05, 0) is 109 Å². The minimum Gasteiger partial charge on any atom is -0.491 e. The molecule has 0 N–H and O–H groups in total. The van der Waals surface area contributed by atoms with E-state index in [1.807, 2.05) is 62.4 Å². The monoisotopic (exact) mass is 888 g/mol. The topological polar surface area (TPSA) is 79.1 Å². The van der Waals surface area contributed by atoms with Gasteiger partial charge in [-0.25, -0.2) is 9.79 Å². The van der Waals surface area contributed by atoms with E-state index >= 15 is 0 Å². The van der Waals surface area contributed by atoms with Gasteiger partial charge in [0.05, 0.1) is 32.1 Å². The number of rotatable bonds is 9. The minimum absolute atomic E-state index is 0.123. The third-order valence-corrected chi connectivity index (χ3v) is 9.80. The van der Waals surface area contributed by atoms with Crippen molar-refractivity contribution in [2.75, 3.05) is 6.61 Å². The van der Waals surface area contributed by atoms with E-state index in [9.17, 15) is 9.59 Å².